The first kappa shape index (κ1) is 16.3. The van der Waals surface area contributed by atoms with Gasteiger partial charge in [-0.15, -0.1) is 0 Å². The molecular weight excluding hydrogens is 270 g/mol. The van der Waals surface area contributed by atoms with E-state index in [1.165, 1.54) is 17.5 Å². The van der Waals surface area contributed by atoms with Gasteiger partial charge in [-0.2, -0.15) is 0 Å². The van der Waals surface area contributed by atoms with E-state index >= 15 is 0 Å². The fourth-order valence-corrected chi connectivity index (χ4v) is 3.05. The van der Waals surface area contributed by atoms with E-state index in [0.717, 1.165) is 18.6 Å². The molecule has 2 aromatic rings. The fraction of sp³-hybridized carbons (Fsp3) is 0.421. The molecule has 22 heavy (non-hydrogen) atoms. The molecule has 3 heteroatoms. The van der Waals surface area contributed by atoms with Gasteiger partial charge < -0.3 is 9.80 Å². The van der Waals surface area contributed by atoms with E-state index < -0.39 is 0 Å². The van der Waals surface area contributed by atoms with Gasteiger partial charge in [-0.25, -0.2) is 0 Å². The number of fused-ring (bicyclic) bond motifs is 1. The van der Waals surface area contributed by atoms with Crippen molar-refractivity contribution in [3.8, 4) is 0 Å². The number of benzene rings is 1. The van der Waals surface area contributed by atoms with E-state index in [1.807, 2.05) is 30.5 Å². The molecule has 1 aromatic carbocycles. The fourth-order valence-electron chi connectivity index (χ4n) is 3.05. The number of para-hydroxylation sites is 1. The lowest BCUT2D eigenvalue weighted by Crippen LogP contribution is -2.38. The minimum atomic E-state index is 0.611. The van der Waals surface area contributed by atoms with Crippen LogP contribution in [0.1, 0.15) is 34.1 Å². The molecule has 1 atom stereocenters. The van der Waals surface area contributed by atoms with Gasteiger partial charge in [0.15, 0.2) is 0 Å². The van der Waals surface area contributed by atoms with E-state index in [9.17, 15) is 0 Å². The third-order valence-corrected chi connectivity index (χ3v) is 4.13. The van der Waals surface area contributed by atoms with E-state index in [4.69, 9.17) is 0 Å². The molecule has 3 nitrogen and oxygen atoms in total. The number of hydrogen-bond donors (Lipinski definition) is 0. The summed E-state index contributed by atoms with van der Waals surface area (Å²) in [6.45, 7) is 11.1. The van der Waals surface area contributed by atoms with Crippen LogP contribution >= 0.6 is 0 Å². The maximum atomic E-state index is 4.18. The Balaban J connectivity index is 0.000000162. The molecule has 1 aromatic heterocycles. The molecule has 1 aliphatic heterocycles. The topological polar surface area (TPSA) is 19.4 Å². The van der Waals surface area contributed by atoms with Gasteiger partial charge in [0.25, 0.3) is 0 Å². The Morgan fingerprint density at radius 1 is 1.00 bits per heavy atom. The van der Waals surface area contributed by atoms with Crippen molar-refractivity contribution in [1.82, 2.24) is 14.8 Å². The zero-order chi connectivity index (χ0) is 15.9. The lowest BCUT2D eigenvalue weighted by atomic mass is 10.2. The zero-order valence-electron chi connectivity index (χ0n) is 14.2. The third-order valence-electron chi connectivity index (χ3n) is 4.13. The van der Waals surface area contributed by atoms with Crippen LogP contribution in [0, 0.1) is 0 Å². The van der Waals surface area contributed by atoms with Gasteiger partial charge >= 0.3 is 0 Å². The Hall–Kier alpha value is -2.03. The molecule has 118 valence electrons. The Bertz CT molecular complexity index is 555. The normalized spacial score (nSPS) is 17.3. The molecule has 0 bridgehead atoms. The number of rotatable bonds is 3. The summed E-state index contributed by atoms with van der Waals surface area (Å²) in [6, 6.07) is 12.1. The van der Waals surface area contributed by atoms with Gasteiger partial charge in [0.05, 0.1) is 5.52 Å². The van der Waals surface area contributed by atoms with Crippen molar-refractivity contribution < 1.29 is 0 Å². The van der Waals surface area contributed by atoms with Crippen LogP contribution in [0.15, 0.2) is 54.5 Å². The van der Waals surface area contributed by atoms with Gasteiger partial charge in [-0.3, -0.25) is 4.98 Å². The van der Waals surface area contributed by atoms with Crippen LogP contribution < -0.4 is 0 Å². The third kappa shape index (κ3) is 3.59. The summed E-state index contributed by atoms with van der Waals surface area (Å²) < 4.78 is 0. The Kier molecular flexibility index (Phi) is 5.82. The molecule has 0 radical (unpaired) electrons. The Morgan fingerprint density at radius 2 is 1.73 bits per heavy atom. The molecule has 0 saturated carbocycles. The number of nitrogens with zero attached hydrogens (tertiary/aromatic N) is 3. The predicted molar refractivity (Wildman–Crippen MR) is 94.3 cm³/mol. The van der Waals surface area contributed by atoms with E-state index in [0.29, 0.717) is 6.17 Å². The lowest BCUT2D eigenvalue weighted by molar-refractivity contribution is 0.151. The molecule has 0 N–H and O–H groups in total. The SMILES string of the molecule is CCC1N(CC)C=C(C)N1CC.c1ccc2ncccc2c1. The summed E-state index contributed by atoms with van der Waals surface area (Å²) in [5.41, 5.74) is 2.47. The van der Waals surface area contributed by atoms with Crippen molar-refractivity contribution in [1.29, 1.82) is 0 Å². The summed E-state index contributed by atoms with van der Waals surface area (Å²) >= 11 is 0. The van der Waals surface area contributed by atoms with Crippen molar-refractivity contribution in [2.45, 2.75) is 40.3 Å². The van der Waals surface area contributed by atoms with Crippen LogP contribution in [0.2, 0.25) is 0 Å². The van der Waals surface area contributed by atoms with E-state index in [1.54, 1.807) is 0 Å². The second-order valence-electron chi connectivity index (χ2n) is 5.47. The quantitative estimate of drug-likeness (QED) is 0.833. The number of allylic oxidation sites excluding steroid dienone is 1. The van der Waals surface area contributed by atoms with Crippen LogP contribution in [-0.2, 0) is 0 Å². The second-order valence-corrected chi connectivity index (χ2v) is 5.47. The monoisotopic (exact) mass is 297 g/mol. The summed E-state index contributed by atoms with van der Waals surface area (Å²) in [6.07, 6.45) is 5.90. The Morgan fingerprint density at radius 3 is 2.36 bits per heavy atom. The van der Waals surface area contributed by atoms with Gasteiger partial charge in [0.2, 0.25) is 0 Å². The van der Waals surface area contributed by atoms with Gasteiger partial charge in [0.1, 0.15) is 6.17 Å². The molecule has 0 aliphatic carbocycles. The molecule has 0 saturated heterocycles. The summed E-state index contributed by atoms with van der Waals surface area (Å²) in [4.78, 5) is 9.06. The first-order chi connectivity index (χ1) is 10.7. The predicted octanol–water partition coefficient (Wildman–Crippen LogP) is 4.48. The van der Waals surface area contributed by atoms with Gasteiger partial charge in [-0.1, -0.05) is 31.2 Å². The molecular formula is C19H27N3. The molecule has 0 fully saturated rings. The largest absolute Gasteiger partial charge is 0.356 e. The number of hydrogen-bond acceptors (Lipinski definition) is 3. The molecule has 0 amide bonds. The molecule has 0 spiro atoms. The van der Waals surface area contributed by atoms with Crippen LogP contribution in [0.3, 0.4) is 0 Å². The average Bonchev–Trinajstić information content (AvgIpc) is 2.90. The van der Waals surface area contributed by atoms with Crippen molar-refractivity contribution in [2.75, 3.05) is 13.1 Å². The van der Waals surface area contributed by atoms with E-state index in [2.05, 4.69) is 60.8 Å². The minimum Gasteiger partial charge on any atom is -0.356 e. The highest BCUT2D eigenvalue weighted by atomic mass is 15.4. The van der Waals surface area contributed by atoms with Crippen molar-refractivity contribution in [3.63, 3.8) is 0 Å². The smallest absolute Gasteiger partial charge is 0.101 e. The zero-order valence-corrected chi connectivity index (χ0v) is 14.2. The standard InChI is InChI=1S/C10H20N2.C9H7N/c1-5-10-11(6-2)8-9(4)12(10)7-3;1-2-6-9-8(4-1)5-3-7-10-9/h8,10H,5-7H2,1-4H3;1-7H. The van der Waals surface area contributed by atoms with Crippen molar-refractivity contribution >= 4 is 10.9 Å². The molecule has 1 aliphatic rings. The second kappa shape index (κ2) is 7.83. The lowest BCUT2D eigenvalue weighted by Gasteiger charge is -2.31. The minimum absolute atomic E-state index is 0.611. The summed E-state index contributed by atoms with van der Waals surface area (Å²) in [7, 11) is 0. The first-order valence-corrected chi connectivity index (χ1v) is 8.21. The van der Waals surface area contributed by atoms with Gasteiger partial charge in [-0.05, 0) is 39.3 Å². The molecule has 2 heterocycles. The van der Waals surface area contributed by atoms with Gasteiger partial charge in [0, 0.05) is 36.6 Å². The highest BCUT2D eigenvalue weighted by Gasteiger charge is 2.25. The number of aromatic nitrogens is 1. The highest BCUT2D eigenvalue weighted by Crippen LogP contribution is 2.23. The number of pyridine rings is 1. The maximum absolute atomic E-state index is 4.18. The Labute approximate surface area is 134 Å². The maximum Gasteiger partial charge on any atom is 0.101 e. The molecule has 1 unspecified atom stereocenters. The first-order valence-electron chi connectivity index (χ1n) is 8.21. The van der Waals surface area contributed by atoms with E-state index in [-0.39, 0.29) is 0 Å². The average molecular weight is 297 g/mol. The summed E-state index contributed by atoms with van der Waals surface area (Å²) in [5, 5.41) is 1.20. The summed E-state index contributed by atoms with van der Waals surface area (Å²) in [5.74, 6) is 0. The van der Waals surface area contributed by atoms with Crippen LogP contribution in [0.25, 0.3) is 10.9 Å². The molecule has 3 rings (SSSR count). The van der Waals surface area contributed by atoms with Crippen molar-refractivity contribution in [3.05, 3.63) is 54.5 Å². The van der Waals surface area contributed by atoms with Crippen LogP contribution in [-0.4, -0.2) is 34.0 Å². The highest BCUT2D eigenvalue weighted by molar-refractivity contribution is 5.77. The van der Waals surface area contributed by atoms with Crippen molar-refractivity contribution in [2.24, 2.45) is 0 Å². The van der Waals surface area contributed by atoms with Crippen LogP contribution in [0.4, 0.5) is 0 Å². The van der Waals surface area contributed by atoms with Crippen LogP contribution in [0.5, 0.6) is 0 Å².